The van der Waals surface area contributed by atoms with Gasteiger partial charge in [0.1, 0.15) is 0 Å². The van der Waals surface area contributed by atoms with E-state index in [2.05, 4.69) is 21.8 Å². The van der Waals surface area contributed by atoms with Crippen LogP contribution in [0.15, 0.2) is 28.2 Å². The zero-order valence-electron chi connectivity index (χ0n) is 13.9. The van der Waals surface area contributed by atoms with Crippen LogP contribution >= 0.6 is 0 Å². The second-order valence-electron chi connectivity index (χ2n) is 5.82. The molecule has 0 bridgehead atoms. The molecule has 8 nitrogen and oxygen atoms in total. The van der Waals surface area contributed by atoms with Crippen molar-refractivity contribution in [3.63, 3.8) is 0 Å². The molecule has 24 heavy (non-hydrogen) atoms. The van der Waals surface area contributed by atoms with E-state index in [-0.39, 0.29) is 10.6 Å². The Hall–Kier alpha value is -2.00. The van der Waals surface area contributed by atoms with E-state index in [1.54, 1.807) is 6.92 Å². The second-order valence-corrected chi connectivity index (χ2v) is 7.48. The number of rotatable bonds is 6. The van der Waals surface area contributed by atoms with E-state index >= 15 is 0 Å². The molecule has 0 aromatic heterocycles. The average Bonchev–Trinajstić information content (AvgIpc) is 2.54. The lowest BCUT2D eigenvalue weighted by Crippen LogP contribution is -2.35. The summed E-state index contributed by atoms with van der Waals surface area (Å²) in [5, 5.41) is 15.0. The molecule has 132 valence electrons. The number of nitro groups is 1. The fourth-order valence-corrected chi connectivity index (χ4v) is 3.46. The molecular formula is C15H22N4O4S. The maximum absolute atomic E-state index is 12.3. The van der Waals surface area contributed by atoms with Gasteiger partial charge in [-0.1, -0.05) is 13.0 Å². The summed E-state index contributed by atoms with van der Waals surface area (Å²) >= 11 is 0. The van der Waals surface area contributed by atoms with Gasteiger partial charge >= 0.3 is 0 Å². The van der Waals surface area contributed by atoms with Crippen molar-refractivity contribution in [2.45, 2.75) is 38.0 Å². The van der Waals surface area contributed by atoms with Crippen LogP contribution in [-0.4, -0.2) is 43.6 Å². The summed E-state index contributed by atoms with van der Waals surface area (Å²) in [7, 11) is -3.91. The minimum atomic E-state index is -3.91. The number of piperidine rings is 1. The van der Waals surface area contributed by atoms with Gasteiger partial charge in [-0.05, 0) is 26.0 Å². The van der Waals surface area contributed by atoms with Gasteiger partial charge in [0.25, 0.3) is 15.7 Å². The summed E-state index contributed by atoms with van der Waals surface area (Å²) in [4.78, 5) is 14.7. The Labute approximate surface area is 141 Å². The van der Waals surface area contributed by atoms with Gasteiger partial charge in [-0.25, -0.2) is 4.83 Å². The molecule has 1 aliphatic rings. The topological polar surface area (TPSA) is 105 Å². The third kappa shape index (κ3) is 4.51. The van der Waals surface area contributed by atoms with Gasteiger partial charge in [-0.15, -0.1) is 0 Å². The molecule has 0 atom stereocenters. The first-order valence-electron chi connectivity index (χ1n) is 7.88. The number of sulfonamides is 1. The zero-order chi connectivity index (χ0) is 17.7. The smallest absolute Gasteiger partial charge is 0.276 e. The molecule has 1 aliphatic heterocycles. The van der Waals surface area contributed by atoms with Crippen LogP contribution in [0, 0.1) is 17.0 Å². The molecule has 0 spiro atoms. The van der Waals surface area contributed by atoms with Gasteiger partial charge in [-0.2, -0.15) is 13.5 Å². The minimum Gasteiger partial charge on any atom is -0.303 e. The average molecular weight is 354 g/mol. The fourth-order valence-electron chi connectivity index (χ4n) is 2.59. The highest BCUT2D eigenvalue weighted by Gasteiger charge is 2.20. The Morgan fingerprint density at radius 2 is 2.00 bits per heavy atom. The molecule has 1 saturated heterocycles. The molecule has 0 aliphatic carbocycles. The maximum atomic E-state index is 12.3. The summed E-state index contributed by atoms with van der Waals surface area (Å²) in [5.74, 6) is 0. The first-order valence-corrected chi connectivity index (χ1v) is 9.36. The van der Waals surface area contributed by atoms with Crippen LogP contribution in [0.25, 0.3) is 0 Å². The van der Waals surface area contributed by atoms with Crippen LogP contribution in [0.1, 0.15) is 31.7 Å². The molecular weight excluding hydrogens is 332 g/mol. The SMILES string of the molecule is CCCN1CCC(=NNS(=O)(=O)c2ccc(C)c([N+](=O)[O-])c2)CC1. The molecule has 0 radical (unpaired) electrons. The Morgan fingerprint density at radius 3 is 2.58 bits per heavy atom. The Morgan fingerprint density at radius 1 is 1.33 bits per heavy atom. The Balaban J connectivity index is 2.08. The summed E-state index contributed by atoms with van der Waals surface area (Å²) in [6.07, 6.45) is 2.53. The molecule has 2 rings (SSSR count). The van der Waals surface area contributed by atoms with Gasteiger partial charge in [0.15, 0.2) is 0 Å². The third-order valence-electron chi connectivity index (χ3n) is 3.98. The van der Waals surface area contributed by atoms with E-state index in [9.17, 15) is 18.5 Å². The molecule has 0 unspecified atom stereocenters. The molecule has 9 heteroatoms. The van der Waals surface area contributed by atoms with Crippen molar-refractivity contribution >= 4 is 21.4 Å². The number of nitrogens with zero attached hydrogens (tertiary/aromatic N) is 3. The predicted molar refractivity (Wildman–Crippen MR) is 91.6 cm³/mol. The first-order chi connectivity index (χ1) is 11.3. The van der Waals surface area contributed by atoms with Crippen molar-refractivity contribution in [1.82, 2.24) is 9.73 Å². The molecule has 1 N–H and O–H groups in total. The van der Waals surface area contributed by atoms with E-state index in [1.165, 1.54) is 12.1 Å². The van der Waals surface area contributed by atoms with Crippen LogP contribution in [0.2, 0.25) is 0 Å². The van der Waals surface area contributed by atoms with Crippen molar-refractivity contribution in [2.24, 2.45) is 5.10 Å². The number of benzene rings is 1. The van der Waals surface area contributed by atoms with Gasteiger partial charge < -0.3 is 4.90 Å². The highest BCUT2D eigenvalue weighted by molar-refractivity contribution is 7.89. The Kier molecular flexibility index (Phi) is 5.89. The van der Waals surface area contributed by atoms with Gasteiger partial charge in [0.2, 0.25) is 0 Å². The van der Waals surface area contributed by atoms with Crippen LogP contribution in [0.3, 0.4) is 0 Å². The number of hydrazone groups is 1. The lowest BCUT2D eigenvalue weighted by molar-refractivity contribution is -0.385. The van der Waals surface area contributed by atoms with E-state index in [1.807, 2.05) is 0 Å². The molecule has 1 aromatic carbocycles. The third-order valence-corrected chi connectivity index (χ3v) is 5.19. The van der Waals surface area contributed by atoms with Crippen LogP contribution in [0.5, 0.6) is 0 Å². The van der Waals surface area contributed by atoms with Crippen LogP contribution in [0.4, 0.5) is 5.69 Å². The molecule has 0 amide bonds. The number of aryl methyl sites for hydroxylation is 1. The van der Waals surface area contributed by atoms with E-state index in [0.29, 0.717) is 5.56 Å². The number of nitrogens with one attached hydrogen (secondary N) is 1. The first kappa shape index (κ1) is 18.3. The molecule has 1 aromatic rings. The zero-order valence-corrected chi connectivity index (χ0v) is 14.7. The second kappa shape index (κ2) is 7.71. The highest BCUT2D eigenvalue weighted by atomic mass is 32.2. The van der Waals surface area contributed by atoms with E-state index in [4.69, 9.17) is 0 Å². The Bertz CT molecular complexity index is 736. The summed E-state index contributed by atoms with van der Waals surface area (Å²) in [6, 6.07) is 3.82. The van der Waals surface area contributed by atoms with Gasteiger partial charge in [0, 0.05) is 43.3 Å². The number of nitro benzene ring substituents is 1. The van der Waals surface area contributed by atoms with Crippen molar-refractivity contribution in [3.05, 3.63) is 33.9 Å². The fraction of sp³-hybridized carbons (Fsp3) is 0.533. The summed E-state index contributed by atoms with van der Waals surface area (Å²) in [5.41, 5.74) is 0.986. The largest absolute Gasteiger partial charge is 0.303 e. The van der Waals surface area contributed by atoms with Crippen molar-refractivity contribution < 1.29 is 13.3 Å². The molecule has 1 fully saturated rings. The predicted octanol–water partition coefficient (Wildman–Crippen LogP) is 2.04. The molecule has 0 saturated carbocycles. The van der Waals surface area contributed by atoms with Crippen molar-refractivity contribution in [2.75, 3.05) is 19.6 Å². The lowest BCUT2D eigenvalue weighted by atomic mass is 10.1. The van der Waals surface area contributed by atoms with Crippen molar-refractivity contribution in [3.8, 4) is 0 Å². The monoisotopic (exact) mass is 354 g/mol. The number of hydrogen-bond donors (Lipinski definition) is 1. The standard InChI is InChI=1S/C15H22N4O4S/c1-3-8-18-9-6-13(7-10-18)16-17-24(22,23)14-5-4-12(2)15(11-14)19(20)21/h4-5,11,17H,3,6-10H2,1-2H3. The maximum Gasteiger partial charge on any atom is 0.276 e. The van der Waals surface area contributed by atoms with Crippen molar-refractivity contribution in [1.29, 1.82) is 0 Å². The lowest BCUT2D eigenvalue weighted by Gasteiger charge is -2.26. The number of likely N-dealkylation sites (tertiary alicyclic amines) is 1. The van der Waals surface area contributed by atoms with E-state index in [0.717, 1.165) is 50.7 Å². The number of hydrogen-bond acceptors (Lipinski definition) is 6. The van der Waals surface area contributed by atoms with Gasteiger partial charge in [-0.3, -0.25) is 10.1 Å². The minimum absolute atomic E-state index is 0.160. The normalized spacial score (nSPS) is 16.0. The van der Waals surface area contributed by atoms with E-state index < -0.39 is 14.9 Å². The highest BCUT2D eigenvalue weighted by Crippen LogP contribution is 2.22. The van der Waals surface area contributed by atoms with Gasteiger partial charge in [0.05, 0.1) is 9.82 Å². The van der Waals surface area contributed by atoms with Crippen LogP contribution < -0.4 is 4.83 Å². The quantitative estimate of drug-likeness (QED) is 0.622. The van der Waals surface area contributed by atoms with Crippen LogP contribution in [-0.2, 0) is 10.0 Å². The summed E-state index contributed by atoms with van der Waals surface area (Å²) < 4.78 is 24.6. The molecule has 1 heterocycles. The summed E-state index contributed by atoms with van der Waals surface area (Å²) in [6.45, 7) is 6.45.